The van der Waals surface area contributed by atoms with Crippen LogP contribution in [0.5, 0.6) is 11.5 Å². The Morgan fingerprint density at radius 1 is 1.24 bits per heavy atom. The molecular weight excluding hydrogens is 341 g/mol. The summed E-state index contributed by atoms with van der Waals surface area (Å²) < 4.78 is 24.7. The third-order valence-corrected chi connectivity index (χ3v) is 3.13. The lowest BCUT2D eigenvalue weighted by Gasteiger charge is -2.11. The number of rotatable bonds is 4. The minimum absolute atomic E-state index is 0.0194. The van der Waals surface area contributed by atoms with Crippen LogP contribution in [0, 0.1) is 5.82 Å². The zero-order chi connectivity index (χ0) is 15.4. The number of nitrogen functional groups attached to an aromatic ring is 1. The van der Waals surface area contributed by atoms with Gasteiger partial charge in [-0.2, -0.15) is 0 Å². The Labute approximate surface area is 129 Å². The number of esters is 1. The molecule has 0 aliphatic heterocycles. The molecule has 0 unspecified atom stereocenters. The number of ether oxygens (including phenoxy) is 2. The standard InChI is InChI=1S/C15H13BrFNO3/c1-2-20-15(19)9-3-5-12(18)14(7-9)21-13-6-4-10(16)8-11(13)17/h3-8H,2,18H2,1H3. The fraction of sp³-hybridized carbons (Fsp3) is 0.133. The molecule has 0 radical (unpaired) electrons. The van der Waals surface area contributed by atoms with Crippen LogP contribution in [0.1, 0.15) is 17.3 Å². The molecule has 0 saturated carbocycles. The number of hydrogen-bond acceptors (Lipinski definition) is 4. The molecule has 2 aromatic rings. The van der Waals surface area contributed by atoms with Crippen molar-refractivity contribution >= 4 is 27.6 Å². The maximum absolute atomic E-state index is 13.8. The van der Waals surface area contributed by atoms with E-state index in [4.69, 9.17) is 15.2 Å². The molecule has 0 aliphatic carbocycles. The van der Waals surface area contributed by atoms with Crippen molar-refractivity contribution in [2.75, 3.05) is 12.3 Å². The number of anilines is 1. The minimum Gasteiger partial charge on any atom is -0.462 e. The summed E-state index contributed by atoms with van der Waals surface area (Å²) in [5.41, 5.74) is 6.37. The highest BCUT2D eigenvalue weighted by Crippen LogP contribution is 2.31. The molecule has 2 rings (SSSR count). The average molecular weight is 354 g/mol. The van der Waals surface area contributed by atoms with E-state index in [-0.39, 0.29) is 18.1 Å². The van der Waals surface area contributed by atoms with Gasteiger partial charge in [0.1, 0.15) is 0 Å². The molecule has 6 heteroatoms. The summed E-state index contributed by atoms with van der Waals surface area (Å²) in [6.45, 7) is 1.98. The highest BCUT2D eigenvalue weighted by atomic mass is 79.9. The van der Waals surface area contributed by atoms with Crippen LogP contribution >= 0.6 is 15.9 Å². The van der Waals surface area contributed by atoms with Crippen LogP contribution in [-0.4, -0.2) is 12.6 Å². The Morgan fingerprint density at radius 2 is 2.00 bits per heavy atom. The van der Waals surface area contributed by atoms with E-state index in [0.717, 1.165) is 0 Å². The second-order valence-electron chi connectivity index (χ2n) is 4.15. The lowest BCUT2D eigenvalue weighted by Crippen LogP contribution is -2.05. The third-order valence-electron chi connectivity index (χ3n) is 2.64. The van der Waals surface area contributed by atoms with Gasteiger partial charge in [-0.25, -0.2) is 9.18 Å². The van der Waals surface area contributed by atoms with Gasteiger partial charge in [0.15, 0.2) is 17.3 Å². The van der Waals surface area contributed by atoms with Crippen LogP contribution in [0.2, 0.25) is 0 Å². The van der Waals surface area contributed by atoms with Gasteiger partial charge >= 0.3 is 5.97 Å². The normalized spacial score (nSPS) is 10.2. The number of carbonyl (C=O) groups excluding carboxylic acids is 1. The summed E-state index contributed by atoms with van der Waals surface area (Å²) in [6.07, 6.45) is 0. The highest BCUT2D eigenvalue weighted by molar-refractivity contribution is 9.10. The second-order valence-corrected chi connectivity index (χ2v) is 5.07. The number of hydrogen-bond donors (Lipinski definition) is 1. The zero-order valence-corrected chi connectivity index (χ0v) is 12.8. The summed E-state index contributed by atoms with van der Waals surface area (Å²) in [7, 11) is 0. The van der Waals surface area contributed by atoms with Crippen molar-refractivity contribution in [3.8, 4) is 11.5 Å². The van der Waals surface area contributed by atoms with Crippen molar-refractivity contribution < 1.29 is 18.7 Å². The molecule has 2 N–H and O–H groups in total. The fourth-order valence-corrected chi connectivity index (χ4v) is 1.97. The van der Waals surface area contributed by atoms with E-state index in [2.05, 4.69) is 15.9 Å². The Morgan fingerprint density at radius 3 is 2.67 bits per heavy atom. The first-order valence-electron chi connectivity index (χ1n) is 6.20. The van der Waals surface area contributed by atoms with E-state index in [1.54, 1.807) is 13.0 Å². The Bertz CT molecular complexity index is 676. The molecule has 0 spiro atoms. The third kappa shape index (κ3) is 3.72. The first-order chi connectivity index (χ1) is 10.0. The summed E-state index contributed by atoms with van der Waals surface area (Å²) >= 11 is 3.16. The Hall–Kier alpha value is -2.08. The van der Waals surface area contributed by atoms with Gasteiger partial charge in [0.05, 0.1) is 17.9 Å². The Balaban J connectivity index is 2.30. The number of nitrogens with two attached hydrogens (primary N) is 1. The molecule has 0 bridgehead atoms. The van der Waals surface area contributed by atoms with Crippen LogP contribution in [0.25, 0.3) is 0 Å². The van der Waals surface area contributed by atoms with Crippen molar-refractivity contribution in [3.63, 3.8) is 0 Å². The van der Waals surface area contributed by atoms with Crippen LogP contribution in [0.4, 0.5) is 10.1 Å². The zero-order valence-electron chi connectivity index (χ0n) is 11.2. The first kappa shape index (κ1) is 15.3. The molecule has 0 saturated heterocycles. The first-order valence-corrected chi connectivity index (χ1v) is 7.00. The van der Waals surface area contributed by atoms with Crippen LogP contribution in [0.3, 0.4) is 0 Å². The van der Waals surface area contributed by atoms with Gasteiger partial charge in [-0.3, -0.25) is 0 Å². The number of benzene rings is 2. The van der Waals surface area contributed by atoms with Gasteiger partial charge < -0.3 is 15.2 Å². The molecule has 0 aromatic heterocycles. The van der Waals surface area contributed by atoms with Gasteiger partial charge in [0.2, 0.25) is 0 Å². The summed E-state index contributed by atoms with van der Waals surface area (Å²) in [5.74, 6) is -0.809. The fourth-order valence-electron chi connectivity index (χ4n) is 1.64. The predicted molar refractivity (Wildman–Crippen MR) is 81.0 cm³/mol. The lowest BCUT2D eigenvalue weighted by molar-refractivity contribution is 0.0526. The predicted octanol–water partition coefficient (Wildman–Crippen LogP) is 4.14. The molecule has 0 heterocycles. The molecule has 0 aliphatic rings. The van der Waals surface area contributed by atoms with E-state index >= 15 is 0 Å². The minimum atomic E-state index is -0.537. The maximum Gasteiger partial charge on any atom is 0.338 e. The van der Waals surface area contributed by atoms with E-state index < -0.39 is 11.8 Å². The maximum atomic E-state index is 13.8. The van der Waals surface area contributed by atoms with Gasteiger partial charge in [-0.1, -0.05) is 15.9 Å². The summed E-state index contributed by atoms with van der Waals surface area (Å²) in [6, 6.07) is 8.85. The van der Waals surface area contributed by atoms with E-state index in [1.807, 2.05) is 0 Å². The lowest BCUT2D eigenvalue weighted by atomic mass is 10.2. The van der Waals surface area contributed by atoms with Crippen molar-refractivity contribution in [1.82, 2.24) is 0 Å². The SMILES string of the molecule is CCOC(=O)c1ccc(N)c(Oc2ccc(Br)cc2F)c1. The number of carbonyl (C=O) groups is 1. The highest BCUT2D eigenvalue weighted by Gasteiger charge is 2.12. The van der Waals surface area contributed by atoms with Crippen molar-refractivity contribution in [3.05, 3.63) is 52.3 Å². The smallest absolute Gasteiger partial charge is 0.338 e. The van der Waals surface area contributed by atoms with E-state index in [9.17, 15) is 9.18 Å². The molecule has 4 nitrogen and oxygen atoms in total. The summed E-state index contributed by atoms with van der Waals surface area (Å²) in [4.78, 5) is 11.7. The number of halogens is 2. The quantitative estimate of drug-likeness (QED) is 0.662. The topological polar surface area (TPSA) is 61.5 Å². The van der Waals surface area contributed by atoms with Crippen molar-refractivity contribution in [2.45, 2.75) is 6.92 Å². The molecular formula is C15H13BrFNO3. The monoisotopic (exact) mass is 353 g/mol. The van der Waals surface area contributed by atoms with Crippen LogP contribution in [-0.2, 0) is 4.74 Å². The Kier molecular flexibility index (Phi) is 4.80. The molecule has 0 atom stereocenters. The van der Waals surface area contributed by atoms with Crippen molar-refractivity contribution in [1.29, 1.82) is 0 Å². The van der Waals surface area contributed by atoms with Gasteiger partial charge in [-0.05, 0) is 43.3 Å². The largest absolute Gasteiger partial charge is 0.462 e. The van der Waals surface area contributed by atoms with E-state index in [0.29, 0.717) is 15.7 Å². The second kappa shape index (κ2) is 6.58. The van der Waals surface area contributed by atoms with Gasteiger partial charge in [-0.15, -0.1) is 0 Å². The van der Waals surface area contributed by atoms with Crippen LogP contribution < -0.4 is 10.5 Å². The molecule has 0 amide bonds. The van der Waals surface area contributed by atoms with Gasteiger partial charge in [0, 0.05) is 4.47 Å². The summed E-state index contributed by atoms with van der Waals surface area (Å²) in [5, 5.41) is 0. The van der Waals surface area contributed by atoms with E-state index in [1.165, 1.54) is 30.3 Å². The molecule has 2 aromatic carbocycles. The van der Waals surface area contributed by atoms with Crippen molar-refractivity contribution in [2.24, 2.45) is 0 Å². The molecule has 0 fully saturated rings. The molecule has 21 heavy (non-hydrogen) atoms. The van der Waals surface area contributed by atoms with Crippen LogP contribution in [0.15, 0.2) is 40.9 Å². The molecule has 110 valence electrons. The van der Waals surface area contributed by atoms with Gasteiger partial charge in [0.25, 0.3) is 0 Å². The average Bonchev–Trinajstić information content (AvgIpc) is 2.44.